The van der Waals surface area contributed by atoms with Gasteiger partial charge in [-0.2, -0.15) is 5.26 Å². The Morgan fingerprint density at radius 3 is 2.38 bits per heavy atom. The molecule has 0 saturated heterocycles. The fourth-order valence-electron chi connectivity index (χ4n) is 1.00. The summed E-state index contributed by atoms with van der Waals surface area (Å²) in [6.07, 6.45) is 0. The Balaban J connectivity index is 0.000000671. The molecule has 0 amide bonds. The van der Waals surface area contributed by atoms with Crippen LogP contribution >= 0.6 is 15.9 Å². The summed E-state index contributed by atoms with van der Waals surface area (Å²) in [5, 5.41) is 9.43. The molecule has 0 aliphatic carbocycles. The SMILES string of the molecule is CC.Cc1cc(C#N)cc(CBr)c1. The maximum absolute atomic E-state index is 8.62. The van der Waals surface area contributed by atoms with Gasteiger partial charge < -0.3 is 0 Å². The highest BCUT2D eigenvalue weighted by Crippen LogP contribution is 2.11. The Kier molecular flexibility index (Phi) is 6.26. The maximum Gasteiger partial charge on any atom is 0.0991 e. The Morgan fingerprint density at radius 2 is 1.92 bits per heavy atom. The fourth-order valence-corrected chi connectivity index (χ4v) is 1.33. The lowest BCUT2D eigenvalue weighted by Crippen LogP contribution is -1.83. The van der Waals surface area contributed by atoms with Gasteiger partial charge in [0.2, 0.25) is 0 Å². The number of rotatable bonds is 1. The van der Waals surface area contributed by atoms with E-state index in [1.807, 2.05) is 32.9 Å². The molecule has 0 aromatic heterocycles. The molecule has 0 aliphatic heterocycles. The Hall–Kier alpha value is -0.810. The summed E-state index contributed by atoms with van der Waals surface area (Å²) in [5.41, 5.74) is 3.03. The van der Waals surface area contributed by atoms with Crippen molar-refractivity contribution in [2.24, 2.45) is 0 Å². The molecule has 1 aromatic rings. The van der Waals surface area contributed by atoms with Crippen LogP contribution in [0.2, 0.25) is 0 Å². The van der Waals surface area contributed by atoms with Crippen molar-refractivity contribution in [3.63, 3.8) is 0 Å². The lowest BCUT2D eigenvalue weighted by Gasteiger charge is -1.98. The van der Waals surface area contributed by atoms with Crippen molar-refractivity contribution in [1.29, 1.82) is 5.26 Å². The van der Waals surface area contributed by atoms with Gasteiger partial charge in [-0.15, -0.1) is 0 Å². The van der Waals surface area contributed by atoms with Crippen LogP contribution in [0.25, 0.3) is 0 Å². The second-order valence-corrected chi connectivity index (χ2v) is 3.01. The van der Waals surface area contributed by atoms with Gasteiger partial charge in [-0.25, -0.2) is 0 Å². The van der Waals surface area contributed by atoms with Crippen molar-refractivity contribution >= 4 is 15.9 Å². The van der Waals surface area contributed by atoms with Crippen LogP contribution in [0, 0.1) is 18.3 Å². The van der Waals surface area contributed by atoms with E-state index in [9.17, 15) is 0 Å². The van der Waals surface area contributed by atoms with E-state index in [4.69, 9.17) is 5.26 Å². The first-order valence-electron chi connectivity index (χ1n) is 4.33. The van der Waals surface area contributed by atoms with Crippen LogP contribution in [-0.4, -0.2) is 0 Å². The van der Waals surface area contributed by atoms with Gasteiger partial charge in [0.25, 0.3) is 0 Å². The van der Waals surface area contributed by atoms with E-state index in [1.165, 1.54) is 0 Å². The lowest BCUT2D eigenvalue weighted by atomic mass is 10.1. The summed E-state index contributed by atoms with van der Waals surface area (Å²) in [5.74, 6) is 0. The molecule has 70 valence electrons. The molecule has 1 rings (SSSR count). The Bertz CT molecular complexity index is 299. The van der Waals surface area contributed by atoms with Gasteiger partial charge in [-0.3, -0.25) is 0 Å². The second kappa shape index (κ2) is 6.68. The molecule has 0 aliphatic rings. The smallest absolute Gasteiger partial charge is 0.0991 e. The highest BCUT2D eigenvalue weighted by Gasteiger charge is 1.95. The maximum atomic E-state index is 8.62. The number of nitriles is 1. The predicted octanol–water partition coefficient (Wildman–Crippen LogP) is 3.79. The van der Waals surface area contributed by atoms with E-state index < -0.39 is 0 Å². The first-order chi connectivity index (χ1) is 6.26. The zero-order chi connectivity index (χ0) is 10.3. The molecule has 0 saturated carbocycles. The molecular formula is C11H14BrN. The molecule has 0 bridgehead atoms. The van der Waals surface area contributed by atoms with E-state index in [0.29, 0.717) is 0 Å². The quantitative estimate of drug-likeness (QED) is 0.685. The predicted molar refractivity (Wildman–Crippen MR) is 59.9 cm³/mol. The lowest BCUT2D eigenvalue weighted by molar-refractivity contribution is 1.34. The number of benzene rings is 1. The standard InChI is InChI=1S/C9H8BrN.C2H6/c1-7-2-8(5-10)4-9(3-7)6-11;1-2/h2-4H,5H2,1H3;1-2H3. The van der Waals surface area contributed by atoms with Gasteiger partial charge in [0.1, 0.15) is 0 Å². The van der Waals surface area contributed by atoms with Gasteiger partial charge in [0.15, 0.2) is 0 Å². The average molecular weight is 240 g/mol. The summed E-state index contributed by atoms with van der Waals surface area (Å²) in [7, 11) is 0. The Labute approximate surface area is 88.5 Å². The monoisotopic (exact) mass is 239 g/mol. The van der Waals surface area contributed by atoms with E-state index >= 15 is 0 Å². The van der Waals surface area contributed by atoms with Crippen LogP contribution < -0.4 is 0 Å². The van der Waals surface area contributed by atoms with Crippen molar-refractivity contribution in [3.05, 3.63) is 34.9 Å². The van der Waals surface area contributed by atoms with E-state index in [1.54, 1.807) is 0 Å². The zero-order valence-corrected chi connectivity index (χ0v) is 9.85. The topological polar surface area (TPSA) is 23.8 Å². The normalized spacial score (nSPS) is 8.23. The molecule has 2 heteroatoms. The third kappa shape index (κ3) is 4.10. The molecule has 0 heterocycles. The average Bonchev–Trinajstić information content (AvgIpc) is 2.20. The van der Waals surface area contributed by atoms with Crippen LogP contribution in [-0.2, 0) is 5.33 Å². The van der Waals surface area contributed by atoms with Gasteiger partial charge >= 0.3 is 0 Å². The first kappa shape index (κ1) is 12.2. The van der Waals surface area contributed by atoms with Gasteiger partial charge in [-0.05, 0) is 30.2 Å². The number of halogens is 1. The van der Waals surface area contributed by atoms with Crippen LogP contribution in [0.3, 0.4) is 0 Å². The summed E-state index contributed by atoms with van der Waals surface area (Å²) < 4.78 is 0. The highest BCUT2D eigenvalue weighted by atomic mass is 79.9. The molecule has 1 nitrogen and oxygen atoms in total. The van der Waals surface area contributed by atoms with Crippen molar-refractivity contribution in [1.82, 2.24) is 0 Å². The van der Waals surface area contributed by atoms with Gasteiger partial charge in [0.05, 0.1) is 11.6 Å². The van der Waals surface area contributed by atoms with E-state index in [2.05, 4.69) is 28.1 Å². The third-order valence-corrected chi connectivity index (χ3v) is 2.07. The summed E-state index contributed by atoms with van der Waals surface area (Å²) in [6, 6.07) is 7.96. The van der Waals surface area contributed by atoms with Crippen LogP contribution in [0.15, 0.2) is 18.2 Å². The molecule has 0 spiro atoms. The molecule has 0 N–H and O–H groups in total. The summed E-state index contributed by atoms with van der Waals surface area (Å²) >= 11 is 3.35. The molecule has 13 heavy (non-hydrogen) atoms. The molecular weight excluding hydrogens is 226 g/mol. The highest BCUT2D eigenvalue weighted by molar-refractivity contribution is 9.08. The minimum absolute atomic E-state index is 0.736. The van der Waals surface area contributed by atoms with Crippen LogP contribution in [0.5, 0.6) is 0 Å². The zero-order valence-electron chi connectivity index (χ0n) is 8.26. The van der Waals surface area contributed by atoms with Crippen molar-refractivity contribution < 1.29 is 0 Å². The van der Waals surface area contributed by atoms with E-state index in [0.717, 1.165) is 22.0 Å². The number of nitrogens with zero attached hydrogens (tertiary/aromatic N) is 1. The minimum atomic E-state index is 0.736. The first-order valence-corrected chi connectivity index (χ1v) is 5.45. The van der Waals surface area contributed by atoms with E-state index in [-0.39, 0.29) is 0 Å². The number of hydrogen-bond acceptors (Lipinski definition) is 1. The third-order valence-electron chi connectivity index (χ3n) is 1.42. The van der Waals surface area contributed by atoms with Crippen molar-refractivity contribution in [2.75, 3.05) is 0 Å². The number of hydrogen-bond donors (Lipinski definition) is 0. The van der Waals surface area contributed by atoms with Gasteiger partial charge in [0, 0.05) is 5.33 Å². The van der Waals surface area contributed by atoms with Gasteiger partial charge in [-0.1, -0.05) is 35.8 Å². The summed E-state index contributed by atoms with van der Waals surface area (Å²) in [4.78, 5) is 0. The fraction of sp³-hybridized carbons (Fsp3) is 0.364. The number of aryl methyl sites for hydroxylation is 1. The summed E-state index contributed by atoms with van der Waals surface area (Å²) in [6.45, 7) is 5.99. The number of alkyl halides is 1. The molecule has 1 aromatic carbocycles. The van der Waals surface area contributed by atoms with Crippen LogP contribution in [0.4, 0.5) is 0 Å². The Morgan fingerprint density at radius 1 is 1.31 bits per heavy atom. The molecule has 0 fully saturated rings. The molecule has 0 atom stereocenters. The molecule has 0 radical (unpaired) electrons. The van der Waals surface area contributed by atoms with Crippen molar-refractivity contribution in [3.8, 4) is 6.07 Å². The molecule has 0 unspecified atom stereocenters. The largest absolute Gasteiger partial charge is 0.192 e. The van der Waals surface area contributed by atoms with Crippen LogP contribution in [0.1, 0.15) is 30.5 Å². The van der Waals surface area contributed by atoms with Crippen molar-refractivity contribution in [2.45, 2.75) is 26.1 Å². The minimum Gasteiger partial charge on any atom is -0.192 e. The second-order valence-electron chi connectivity index (χ2n) is 2.45.